The Balaban J connectivity index is 2.06. The highest BCUT2D eigenvalue weighted by atomic mass is 35.5. The summed E-state index contributed by atoms with van der Waals surface area (Å²) in [4.78, 5) is 4.60. The van der Waals surface area contributed by atoms with Crippen molar-refractivity contribution in [1.29, 1.82) is 5.26 Å². The Hall–Kier alpha value is -1.33. The molecule has 80 valence electrons. The molecule has 0 saturated carbocycles. The smallest absolute Gasteiger partial charge is 0.0884 e. The van der Waals surface area contributed by atoms with Crippen LogP contribution in [-0.4, -0.2) is 5.71 Å². The van der Waals surface area contributed by atoms with Crippen LogP contribution in [0.15, 0.2) is 39.5 Å². The monoisotopic (exact) mass is 230 g/mol. The van der Waals surface area contributed by atoms with Crippen LogP contribution in [0.5, 0.6) is 0 Å². The van der Waals surface area contributed by atoms with Crippen LogP contribution in [0, 0.1) is 23.2 Å². The number of aliphatic imine (C=N–C) groups is 1. The van der Waals surface area contributed by atoms with Crippen molar-refractivity contribution in [2.45, 2.75) is 19.3 Å². The first kappa shape index (κ1) is 9.86. The Morgan fingerprint density at radius 3 is 3.12 bits per heavy atom. The predicted octanol–water partition coefficient (Wildman–Crippen LogP) is 3.33. The summed E-state index contributed by atoms with van der Waals surface area (Å²) in [6, 6.07) is 2.35. The Morgan fingerprint density at radius 2 is 2.31 bits per heavy atom. The summed E-state index contributed by atoms with van der Waals surface area (Å²) >= 11 is 6.02. The molecule has 2 atom stereocenters. The van der Waals surface area contributed by atoms with Crippen molar-refractivity contribution < 1.29 is 0 Å². The highest BCUT2D eigenvalue weighted by Gasteiger charge is 2.34. The molecule has 0 aromatic heterocycles. The van der Waals surface area contributed by atoms with Crippen LogP contribution >= 0.6 is 11.6 Å². The normalized spacial score (nSPS) is 31.5. The third-order valence-corrected chi connectivity index (χ3v) is 3.69. The molecule has 0 amide bonds. The largest absolute Gasteiger partial charge is 0.256 e. The molecule has 3 rings (SSSR count). The quantitative estimate of drug-likeness (QED) is 0.629. The van der Waals surface area contributed by atoms with E-state index in [1.165, 1.54) is 5.57 Å². The molecule has 0 unspecified atom stereocenters. The van der Waals surface area contributed by atoms with Gasteiger partial charge in [-0.3, -0.25) is 4.99 Å². The van der Waals surface area contributed by atoms with Gasteiger partial charge < -0.3 is 0 Å². The van der Waals surface area contributed by atoms with Crippen molar-refractivity contribution in [2.24, 2.45) is 16.8 Å². The predicted molar refractivity (Wildman–Crippen MR) is 64.0 cm³/mol. The van der Waals surface area contributed by atoms with E-state index in [9.17, 15) is 0 Å². The fourth-order valence-corrected chi connectivity index (χ4v) is 2.86. The van der Waals surface area contributed by atoms with Crippen molar-refractivity contribution in [3.05, 3.63) is 34.5 Å². The maximum atomic E-state index is 9.11. The maximum absolute atomic E-state index is 9.11. The minimum Gasteiger partial charge on any atom is -0.256 e. The number of hydrogen-bond acceptors (Lipinski definition) is 2. The zero-order valence-corrected chi connectivity index (χ0v) is 9.54. The minimum atomic E-state index is -0.0116. The van der Waals surface area contributed by atoms with Crippen molar-refractivity contribution in [3.8, 4) is 6.07 Å². The van der Waals surface area contributed by atoms with E-state index in [-0.39, 0.29) is 11.8 Å². The Bertz CT molecular complexity index is 503. The summed E-state index contributed by atoms with van der Waals surface area (Å²) in [7, 11) is 0. The zero-order valence-electron chi connectivity index (χ0n) is 8.78. The lowest BCUT2D eigenvalue weighted by molar-refractivity contribution is 0.575. The van der Waals surface area contributed by atoms with Crippen molar-refractivity contribution in [3.63, 3.8) is 0 Å². The third kappa shape index (κ3) is 1.36. The number of halogens is 1. The SMILES string of the molecule is N#C[C@@H]1CCCC2=C1N=C1C=CC(Cl)=C[C@@H]12. The Labute approximate surface area is 99.6 Å². The fourth-order valence-electron chi connectivity index (χ4n) is 2.67. The van der Waals surface area contributed by atoms with Gasteiger partial charge in [0.05, 0.1) is 23.4 Å². The van der Waals surface area contributed by atoms with Gasteiger partial charge in [-0.1, -0.05) is 17.7 Å². The van der Waals surface area contributed by atoms with E-state index in [1.54, 1.807) is 0 Å². The molecule has 0 spiro atoms. The molecule has 3 heteroatoms. The van der Waals surface area contributed by atoms with Crippen LogP contribution in [0.3, 0.4) is 0 Å². The van der Waals surface area contributed by atoms with Gasteiger partial charge in [-0.15, -0.1) is 0 Å². The van der Waals surface area contributed by atoms with Crippen LogP contribution in [0.4, 0.5) is 0 Å². The van der Waals surface area contributed by atoms with Gasteiger partial charge in [0.2, 0.25) is 0 Å². The summed E-state index contributed by atoms with van der Waals surface area (Å²) < 4.78 is 0. The fraction of sp³-hybridized carbons (Fsp3) is 0.385. The summed E-state index contributed by atoms with van der Waals surface area (Å²) in [5.74, 6) is 0.228. The molecule has 16 heavy (non-hydrogen) atoms. The van der Waals surface area contributed by atoms with E-state index < -0.39 is 0 Å². The third-order valence-electron chi connectivity index (χ3n) is 3.44. The topological polar surface area (TPSA) is 36.1 Å². The molecule has 0 fully saturated rings. The van der Waals surface area contributed by atoms with Gasteiger partial charge in [-0.05, 0) is 37.0 Å². The molecule has 0 bridgehead atoms. The van der Waals surface area contributed by atoms with Crippen LogP contribution in [0.25, 0.3) is 0 Å². The van der Waals surface area contributed by atoms with Crippen molar-refractivity contribution in [1.82, 2.24) is 0 Å². The Morgan fingerprint density at radius 1 is 1.44 bits per heavy atom. The van der Waals surface area contributed by atoms with Gasteiger partial charge in [0.25, 0.3) is 0 Å². The number of allylic oxidation sites excluding steroid dienone is 6. The lowest BCUT2D eigenvalue weighted by Crippen LogP contribution is -2.14. The van der Waals surface area contributed by atoms with Gasteiger partial charge in [0.1, 0.15) is 0 Å². The summed E-state index contributed by atoms with van der Waals surface area (Å²) in [5.41, 5.74) is 3.38. The van der Waals surface area contributed by atoms with E-state index in [0.717, 1.165) is 35.7 Å². The molecular formula is C13H11ClN2. The lowest BCUT2D eigenvalue weighted by atomic mass is 9.82. The van der Waals surface area contributed by atoms with Gasteiger partial charge in [0.15, 0.2) is 0 Å². The number of nitriles is 1. The molecule has 1 aliphatic heterocycles. The average Bonchev–Trinajstić information content (AvgIpc) is 2.67. The lowest BCUT2D eigenvalue weighted by Gasteiger charge is -2.20. The maximum Gasteiger partial charge on any atom is 0.0884 e. The highest BCUT2D eigenvalue weighted by molar-refractivity contribution is 6.32. The molecule has 0 N–H and O–H groups in total. The van der Waals surface area contributed by atoms with E-state index in [0.29, 0.717) is 0 Å². The average molecular weight is 231 g/mol. The number of hydrogen-bond donors (Lipinski definition) is 0. The first-order valence-corrected chi connectivity index (χ1v) is 5.94. The zero-order chi connectivity index (χ0) is 11.1. The van der Waals surface area contributed by atoms with E-state index >= 15 is 0 Å². The van der Waals surface area contributed by atoms with Gasteiger partial charge >= 0.3 is 0 Å². The van der Waals surface area contributed by atoms with Gasteiger partial charge in [-0.2, -0.15) is 5.26 Å². The number of fused-ring (bicyclic) bond motifs is 2. The second-order valence-corrected chi connectivity index (χ2v) is 4.82. The molecule has 0 saturated heterocycles. The molecule has 0 radical (unpaired) electrons. The molecule has 2 nitrogen and oxygen atoms in total. The number of nitrogens with zero attached hydrogens (tertiary/aromatic N) is 2. The summed E-state index contributed by atoms with van der Waals surface area (Å²) in [6.45, 7) is 0. The van der Waals surface area contributed by atoms with Crippen LogP contribution < -0.4 is 0 Å². The first-order chi connectivity index (χ1) is 7.79. The summed E-state index contributed by atoms with van der Waals surface area (Å²) in [6.07, 6.45) is 8.98. The van der Waals surface area contributed by atoms with Crippen molar-refractivity contribution >= 4 is 17.3 Å². The van der Waals surface area contributed by atoms with Crippen LogP contribution in [-0.2, 0) is 0 Å². The van der Waals surface area contributed by atoms with E-state index in [2.05, 4.69) is 11.1 Å². The molecule has 1 heterocycles. The Kier molecular flexibility index (Phi) is 2.22. The second kappa shape index (κ2) is 3.61. The van der Waals surface area contributed by atoms with Crippen LogP contribution in [0.1, 0.15) is 19.3 Å². The molecule has 3 aliphatic rings. The second-order valence-electron chi connectivity index (χ2n) is 4.38. The molecule has 0 aromatic rings. The van der Waals surface area contributed by atoms with Gasteiger partial charge in [0, 0.05) is 11.0 Å². The highest BCUT2D eigenvalue weighted by Crippen LogP contribution is 2.42. The van der Waals surface area contributed by atoms with Crippen LogP contribution in [0.2, 0.25) is 0 Å². The molecule has 0 aromatic carbocycles. The van der Waals surface area contributed by atoms with Gasteiger partial charge in [-0.25, -0.2) is 0 Å². The van der Waals surface area contributed by atoms with Crippen molar-refractivity contribution in [2.75, 3.05) is 0 Å². The minimum absolute atomic E-state index is 0.0116. The number of rotatable bonds is 0. The molecular weight excluding hydrogens is 220 g/mol. The molecule has 2 aliphatic carbocycles. The standard InChI is InChI=1S/C13H11ClN2/c14-9-4-5-12-11(6-9)10-3-1-2-8(7-15)13(10)16-12/h4-6,8,11H,1-3H2/t8-,11+/m0/s1. The van der Waals surface area contributed by atoms with E-state index in [1.807, 2.05) is 18.2 Å². The van der Waals surface area contributed by atoms with E-state index in [4.69, 9.17) is 16.9 Å². The first-order valence-electron chi connectivity index (χ1n) is 5.56. The summed E-state index contributed by atoms with van der Waals surface area (Å²) in [5, 5.41) is 9.89.